The van der Waals surface area contributed by atoms with E-state index in [9.17, 15) is 13.6 Å². The highest BCUT2D eigenvalue weighted by Gasteiger charge is 2.15. The molecule has 3 rings (SSSR count). The molecular weight excluding hydrogens is 354 g/mol. The molecule has 2 heterocycles. The number of carbonyl (C=O) groups excluding carboxylic acids is 1. The highest BCUT2D eigenvalue weighted by molar-refractivity contribution is 5.87. The zero-order valence-electron chi connectivity index (χ0n) is 15.1. The number of amides is 1. The summed E-state index contributed by atoms with van der Waals surface area (Å²) in [6.07, 6.45) is 3.08. The van der Waals surface area contributed by atoms with Crippen molar-refractivity contribution >= 4 is 22.8 Å². The van der Waals surface area contributed by atoms with E-state index in [1.54, 1.807) is 6.20 Å². The van der Waals surface area contributed by atoms with Gasteiger partial charge in [0.05, 0.1) is 11.6 Å². The van der Waals surface area contributed by atoms with Crippen molar-refractivity contribution in [3.05, 3.63) is 47.9 Å². The van der Waals surface area contributed by atoms with E-state index >= 15 is 0 Å². The van der Waals surface area contributed by atoms with Gasteiger partial charge in [0.2, 0.25) is 5.91 Å². The summed E-state index contributed by atoms with van der Waals surface area (Å²) in [5.74, 6) is -0.935. The van der Waals surface area contributed by atoms with Crippen molar-refractivity contribution in [2.45, 2.75) is 26.9 Å². The molecule has 1 N–H and O–H groups in total. The Morgan fingerprint density at radius 2 is 1.85 bits per heavy atom. The van der Waals surface area contributed by atoms with Gasteiger partial charge >= 0.3 is 0 Å². The number of aromatic nitrogens is 4. The van der Waals surface area contributed by atoms with Crippen LogP contribution in [0.2, 0.25) is 0 Å². The standard InChI is InChI=1S/C18H20F2N6O/c1-3-25(4-2)17-15-9-24-26(18(15)23-11-22-17)10-16(27)21-8-12-5-13(19)7-14(20)6-12/h5-7,9,11H,3-4,8,10H2,1-2H3,(H,21,27). The average Bonchev–Trinajstić information content (AvgIpc) is 3.04. The summed E-state index contributed by atoms with van der Waals surface area (Å²) < 4.78 is 27.9. The summed E-state index contributed by atoms with van der Waals surface area (Å²) in [7, 11) is 0. The van der Waals surface area contributed by atoms with Crippen molar-refractivity contribution in [3.63, 3.8) is 0 Å². The Labute approximate surface area is 155 Å². The van der Waals surface area contributed by atoms with Crippen LogP contribution in [0, 0.1) is 11.6 Å². The number of anilines is 1. The third kappa shape index (κ3) is 4.18. The molecular formula is C18H20F2N6O. The molecule has 0 unspecified atom stereocenters. The lowest BCUT2D eigenvalue weighted by Gasteiger charge is -2.19. The maximum atomic E-state index is 13.2. The molecule has 2 aromatic heterocycles. The van der Waals surface area contributed by atoms with Crippen LogP contribution in [0.3, 0.4) is 0 Å². The Kier molecular flexibility index (Phi) is 5.58. The minimum absolute atomic E-state index is 0.0202. The number of fused-ring (bicyclic) bond motifs is 1. The molecule has 142 valence electrons. The molecule has 3 aromatic rings. The first kappa shape index (κ1) is 18.7. The van der Waals surface area contributed by atoms with Gasteiger partial charge in [0.1, 0.15) is 30.3 Å². The summed E-state index contributed by atoms with van der Waals surface area (Å²) >= 11 is 0. The first-order valence-electron chi connectivity index (χ1n) is 8.65. The Morgan fingerprint density at radius 3 is 2.52 bits per heavy atom. The second-order valence-corrected chi connectivity index (χ2v) is 5.96. The third-order valence-electron chi connectivity index (χ3n) is 4.18. The molecule has 0 atom stereocenters. The van der Waals surface area contributed by atoms with Gasteiger partial charge in [-0.1, -0.05) is 0 Å². The maximum Gasteiger partial charge on any atom is 0.242 e. The van der Waals surface area contributed by atoms with Gasteiger partial charge in [-0.25, -0.2) is 23.4 Å². The van der Waals surface area contributed by atoms with Crippen LogP contribution in [0.25, 0.3) is 11.0 Å². The summed E-state index contributed by atoms with van der Waals surface area (Å²) in [5.41, 5.74) is 0.899. The van der Waals surface area contributed by atoms with Gasteiger partial charge < -0.3 is 10.2 Å². The second-order valence-electron chi connectivity index (χ2n) is 5.96. The zero-order valence-corrected chi connectivity index (χ0v) is 15.1. The van der Waals surface area contributed by atoms with Crippen LogP contribution in [-0.2, 0) is 17.9 Å². The monoisotopic (exact) mass is 374 g/mol. The lowest BCUT2D eigenvalue weighted by atomic mass is 10.2. The van der Waals surface area contributed by atoms with Gasteiger partial charge in [-0.2, -0.15) is 5.10 Å². The highest BCUT2D eigenvalue weighted by atomic mass is 19.1. The number of nitrogens with one attached hydrogen (secondary N) is 1. The van der Waals surface area contributed by atoms with Crippen LogP contribution in [0.5, 0.6) is 0 Å². The van der Waals surface area contributed by atoms with Gasteiger partial charge in [0.15, 0.2) is 5.65 Å². The molecule has 1 amide bonds. The number of hydrogen-bond donors (Lipinski definition) is 1. The van der Waals surface area contributed by atoms with E-state index < -0.39 is 11.6 Å². The van der Waals surface area contributed by atoms with Gasteiger partial charge in [-0.15, -0.1) is 0 Å². The number of carbonyl (C=O) groups is 1. The van der Waals surface area contributed by atoms with Crippen LogP contribution in [-0.4, -0.2) is 38.7 Å². The van der Waals surface area contributed by atoms with E-state index in [1.165, 1.54) is 23.1 Å². The number of nitrogens with zero attached hydrogens (tertiary/aromatic N) is 5. The molecule has 0 aliphatic carbocycles. The van der Waals surface area contributed by atoms with Crippen LogP contribution < -0.4 is 10.2 Å². The molecule has 0 saturated carbocycles. The molecule has 0 saturated heterocycles. The first-order valence-corrected chi connectivity index (χ1v) is 8.65. The van der Waals surface area contributed by atoms with Crippen molar-refractivity contribution in [2.75, 3.05) is 18.0 Å². The van der Waals surface area contributed by atoms with Crippen LogP contribution in [0.15, 0.2) is 30.7 Å². The normalized spacial score (nSPS) is 11.0. The van der Waals surface area contributed by atoms with Crippen LogP contribution in [0.4, 0.5) is 14.6 Å². The fourth-order valence-electron chi connectivity index (χ4n) is 2.88. The Morgan fingerprint density at radius 1 is 1.15 bits per heavy atom. The fourth-order valence-corrected chi connectivity index (χ4v) is 2.88. The number of hydrogen-bond acceptors (Lipinski definition) is 5. The van der Waals surface area contributed by atoms with Crippen molar-refractivity contribution in [3.8, 4) is 0 Å². The predicted molar refractivity (Wildman–Crippen MR) is 97.1 cm³/mol. The van der Waals surface area contributed by atoms with Crippen LogP contribution in [0.1, 0.15) is 19.4 Å². The SMILES string of the molecule is CCN(CC)c1ncnc2c1cnn2CC(=O)NCc1cc(F)cc(F)c1. The molecule has 9 heteroatoms. The molecule has 0 aliphatic rings. The molecule has 0 bridgehead atoms. The maximum absolute atomic E-state index is 13.2. The van der Waals surface area contributed by atoms with Gasteiger partial charge in [0.25, 0.3) is 0 Å². The Hall–Kier alpha value is -3.10. The van der Waals surface area contributed by atoms with Gasteiger partial charge in [-0.05, 0) is 31.5 Å². The third-order valence-corrected chi connectivity index (χ3v) is 4.18. The summed E-state index contributed by atoms with van der Waals surface area (Å²) in [6, 6.07) is 3.14. The van der Waals surface area contributed by atoms with Crippen molar-refractivity contribution in [1.29, 1.82) is 0 Å². The second kappa shape index (κ2) is 8.07. The van der Waals surface area contributed by atoms with Crippen molar-refractivity contribution < 1.29 is 13.6 Å². The average molecular weight is 374 g/mol. The van der Waals surface area contributed by atoms with Crippen molar-refractivity contribution in [2.24, 2.45) is 0 Å². The summed E-state index contributed by atoms with van der Waals surface area (Å²) in [6.45, 7) is 5.61. The number of rotatable bonds is 7. The van der Waals surface area contributed by atoms with E-state index in [2.05, 4.69) is 25.3 Å². The molecule has 1 aromatic carbocycles. The van der Waals surface area contributed by atoms with Gasteiger partial charge in [-0.3, -0.25) is 4.79 Å². The smallest absolute Gasteiger partial charge is 0.242 e. The minimum atomic E-state index is -0.682. The minimum Gasteiger partial charge on any atom is -0.356 e. The van der Waals surface area contributed by atoms with Crippen LogP contribution >= 0.6 is 0 Å². The van der Waals surface area contributed by atoms with Gasteiger partial charge in [0, 0.05) is 25.7 Å². The zero-order chi connectivity index (χ0) is 19.4. The largest absolute Gasteiger partial charge is 0.356 e. The fraction of sp³-hybridized carbons (Fsp3) is 0.333. The van der Waals surface area contributed by atoms with Crippen molar-refractivity contribution in [1.82, 2.24) is 25.1 Å². The lowest BCUT2D eigenvalue weighted by molar-refractivity contribution is -0.121. The van der Waals surface area contributed by atoms with E-state index in [1.807, 2.05) is 13.8 Å². The Bertz CT molecular complexity index is 934. The van der Waals surface area contributed by atoms with E-state index in [4.69, 9.17) is 0 Å². The molecule has 0 fully saturated rings. The Balaban J connectivity index is 1.72. The summed E-state index contributed by atoms with van der Waals surface area (Å²) in [5, 5.41) is 7.63. The molecule has 0 spiro atoms. The van der Waals surface area contributed by atoms with E-state index in [-0.39, 0.29) is 19.0 Å². The topological polar surface area (TPSA) is 75.9 Å². The molecule has 0 aliphatic heterocycles. The lowest BCUT2D eigenvalue weighted by Crippen LogP contribution is -2.27. The molecule has 7 nitrogen and oxygen atoms in total. The predicted octanol–water partition coefficient (Wildman–Crippen LogP) is 2.27. The number of benzene rings is 1. The number of halogens is 2. The first-order chi connectivity index (χ1) is 13.0. The molecule has 0 radical (unpaired) electrons. The quantitative estimate of drug-likeness (QED) is 0.687. The van der Waals surface area contributed by atoms with E-state index in [0.29, 0.717) is 11.2 Å². The highest BCUT2D eigenvalue weighted by Crippen LogP contribution is 2.22. The summed E-state index contributed by atoms with van der Waals surface area (Å²) in [4.78, 5) is 22.8. The molecule has 27 heavy (non-hydrogen) atoms. The van der Waals surface area contributed by atoms with E-state index in [0.717, 1.165) is 30.4 Å².